The van der Waals surface area contributed by atoms with Crippen molar-refractivity contribution in [1.29, 1.82) is 0 Å². The Morgan fingerprint density at radius 2 is 1.63 bits per heavy atom. The van der Waals surface area contributed by atoms with Crippen molar-refractivity contribution in [3.05, 3.63) is 63.6 Å². The van der Waals surface area contributed by atoms with Crippen molar-refractivity contribution in [2.75, 3.05) is 11.9 Å². The number of nitrogens with one attached hydrogen (secondary N) is 1. The van der Waals surface area contributed by atoms with E-state index in [2.05, 4.69) is 5.32 Å². The summed E-state index contributed by atoms with van der Waals surface area (Å²) in [6.45, 7) is 2.75. The molecule has 0 radical (unpaired) electrons. The second kappa shape index (κ2) is 8.85. The number of nitrogens with zero attached hydrogens (tertiary/aromatic N) is 1. The number of carbonyl (C=O) groups is 4. The van der Waals surface area contributed by atoms with E-state index < -0.39 is 42.3 Å². The molecule has 7 nitrogen and oxygen atoms in total. The summed E-state index contributed by atoms with van der Waals surface area (Å²) in [6.07, 6.45) is 0. The molecule has 0 fully saturated rings. The number of hydrogen-bond donors (Lipinski definition) is 1. The van der Waals surface area contributed by atoms with Crippen LogP contribution in [0.15, 0.2) is 42.5 Å². The summed E-state index contributed by atoms with van der Waals surface area (Å²) < 4.78 is 5.10. The van der Waals surface area contributed by atoms with Crippen LogP contribution in [0.1, 0.15) is 34.6 Å². The minimum absolute atomic E-state index is 0.231. The van der Waals surface area contributed by atoms with E-state index >= 15 is 0 Å². The molecule has 0 saturated heterocycles. The molecular formula is C21H18Cl2N2O5. The number of fused-ring (bicyclic) bond motifs is 1. The zero-order valence-electron chi connectivity index (χ0n) is 16.1. The normalized spacial score (nSPS) is 14.0. The van der Waals surface area contributed by atoms with Gasteiger partial charge in [0.2, 0.25) is 0 Å². The van der Waals surface area contributed by atoms with E-state index in [1.165, 1.54) is 24.3 Å². The number of carbonyl (C=O) groups excluding carboxylic acids is 4. The van der Waals surface area contributed by atoms with E-state index in [0.29, 0.717) is 5.02 Å². The molecule has 0 saturated carbocycles. The van der Waals surface area contributed by atoms with Gasteiger partial charge in [-0.1, -0.05) is 49.2 Å². The molecule has 1 atom stereocenters. The molecule has 0 bridgehead atoms. The Labute approximate surface area is 182 Å². The Hall–Kier alpha value is -2.90. The first kappa shape index (κ1) is 21.8. The van der Waals surface area contributed by atoms with Crippen LogP contribution >= 0.6 is 23.2 Å². The predicted octanol–water partition coefficient (Wildman–Crippen LogP) is 3.80. The van der Waals surface area contributed by atoms with Crippen molar-refractivity contribution < 1.29 is 23.9 Å². The summed E-state index contributed by atoms with van der Waals surface area (Å²) in [7, 11) is 0. The Morgan fingerprint density at radius 3 is 2.20 bits per heavy atom. The lowest BCUT2D eigenvalue weighted by molar-refractivity contribution is -0.152. The van der Waals surface area contributed by atoms with E-state index in [1.54, 1.807) is 32.0 Å². The third-order valence-corrected chi connectivity index (χ3v) is 5.09. The molecule has 2 aromatic rings. The number of anilines is 1. The smallest absolute Gasteiger partial charge is 0.330 e. The number of esters is 1. The molecule has 0 spiro atoms. The van der Waals surface area contributed by atoms with Crippen LogP contribution in [-0.2, 0) is 14.3 Å². The van der Waals surface area contributed by atoms with Gasteiger partial charge in [-0.2, -0.15) is 0 Å². The highest BCUT2D eigenvalue weighted by atomic mass is 35.5. The first-order valence-electron chi connectivity index (χ1n) is 9.09. The molecular weight excluding hydrogens is 431 g/mol. The predicted molar refractivity (Wildman–Crippen MR) is 112 cm³/mol. The Morgan fingerprint density at radius 1 is 1.03 bits per heavy atom. The van der Waals surface area contributed by atoms with Gasteiger partial charge in [-0.3, -0.25) is 19.3 Å². The zero-order chi connectivity index (χ0) is 22.0. The van der Waals surface area contributed by atoms with Crippen LogP contribution < -0.4 is 5.32 Å². The molecule has 0 aromatic heterocycles. The SMILES string of the molecule is CC(C)[C@@H](C(=O)OCC(=O)Nc1cc(Cl)ccc1Cl)N1C(=O)c2ccccc2C1=O. The highest BCUT2D eigenvalue weighted by Crippen LogP contribution is 2.28. The molecule has 1 heterocycles. The maximum atomic E-state index is 12.7. The number of ether oxygens (including phenoxy) is 1. The highest BCUT2D eigenvalue weighted by molar-refractivity contribution is 6.35. The van der Waals surface area contributed by atoms with Crippen molar-refractivity contribution in [3.8, 4) is 0 Å². The van der Waals surface area contributed by atoms with Gasteiger partial charge in [-0.15, -0.1) is 0 Å². The molecule has 0 aliphatic carbocycles. The standard InChI is InChI=1S/C21H18Cl2N2O5/c1-11(2)18(25-19(27)13-5-3-4-6-14(13)20(25)28)21(29)30-10-17(26)24-16-9-12(22)7-8-15(16)23/h3-9,11,18H,10H2,1-2H3,(H,24,26)/t18-/m0/s1. The van der Waals surface area contributed by atoms with Crippen LogP contribution in [-0.4, -0.2) is 41.2 Å². The van der Waals surface area contributed by atoms with E-state index in [9.17, 15) is 19.2 Å². The van der Waals surface area contributed by atoms with Crippen LogP contribution in [0, 0.1) is 5.92 Å². The average Bonchev–Trinajstić information content (AvgIpc) is 2.95. The first-order chi connectivity index (χ1) is 14.2. The van der Waals surface area contributed by atoms with Gasteiger partial charge in [-0.25, -0.2) is 4.79 Å². The number of rotatable bonds is 6. The Balaban J connectivity index is 1.70. The first-order valence-corrected chi connectivity index (χ1v) is 9.84. The van der Waals surface area contributed by atoms with Crippen LogP contribution in [0.5, 0.6) is 0 Å². The summed E-state index contributed by atoms with van der Waals surface area (Å²) in [4.78, 5) is 51.1. The largest absolute Gasteiger partial charge is 0.454 e. The number of amides is 3. The minimum Gasteiger partial charge on any atom is -0.454 e. The van der Waals surface area contributed by atoms with Crippen molar-refractivity contribution in [2.24, 2.45) is 5.92 Å². The molecule has 156 valence electrons. The van der Waals surface area contributed by atoms with Gasteiger partial charge in [0.05, 0.1) is 21.8 Å². The van der Waals surface area contributed by atoms with Crippen molar-refractivity contribution in [2.45, 2.75) is 19.9 Å². The van der Waals surface area contributed by atoms with Crippen LogP contribution in [0.4, 0.5) is 5.69 Å². The molecule has 1 aliphatic heterocycles. The fraction of sp³-hybridized carbons (Fsp3) is 0.238. The van der Waals surface area contributed by atoms with E-state index in [1.807, 2.05) is 0 Å². The van der Waals surface area contributed by atoms with Gasteiger partial charge < -0.3 is 10.1 Å². The van der Waals surface area contributed by atoms with Crippen LogP contribution in [0.25, 0.3) is 0 Å². The summed E-state index contributed by atoms with van der Waals surface area (Å²) in [5.74, 6) is -3.06. The molecule has 1 N–H and O–H groups in total. The van der Waals surface area contributed by atoms with Gasteiger partial charge in [0.15, 0.2) is 6.61 Å². The Bertz CT molecular complexity index is 1000. The van der Waals surface area contributed by atoms with Gasteiger partial charge >= 0.3 is 5.97 Å². The molecule has 3 rings (SSSR count). The fourth-order valence-electron chi connectivity index (χ4n) is 3.14. The lowest BCUT2D eigenvalue weighted by Gasteiger charge is -2.27. The van der Waals surface area contributed by atoms with E-state index in [4.69, 9.17) is 27.9 Å². The summed E-state index contributed by atoms with van der Waals surface area (Å²) in [5.41, 5.74) is 0.731. The summed E-state index contributed by atoms with van der Waals surface area (Å²) >= 11 is 11.9. The number of benzene rings is 2. The molecule has 30 heavy (non-hydrogen) atoms. The highest BCUT2D eigenvalue weighted by Gasteiger charge is 2.44. The molecule has 0 unspecified atom stereocenters. The third kappa shape index (κ3) is 4.32. The molecule has 2 aromatic carbocycles. The topological polar surface area (TPSA) is 92.8 Å². The van der Waals surface area contributed by atoms with Crippen LogP contribution in [0.3, 0.4) is 0 Å². The monoisotopic (exact) mass is 448 g/mol. The number of hydrogen-bond acceptors (Lipinski definition) is 5. The number of halogens is 2. The molecule has 9 heteroatoms. The lowest BCUT2D eigenvalue weighted by atomic mass is 10.0. The molecule has 3 amide bonds. The fourth-order valence-corrected chi connectivity index (χ4v) is 3.47. The second-order valence-corrected chi connectivity index (χ2v) is 7.84. The van der Waals surface area contributed by atoms with Crippen molar-refractivity contribution in [3.63, 3.8) is 0 Å². The number of imide groups is 1. The lowest BCUT2D eigenvalue weighted by Crippen LogP contribution is -2.49. The summed E-state index contributed by atoms with van der Waals surface area (Å²) in [5, 5.41) is 3.14. The Kier molecular flexibility index (Phi) is 6.43. The van der Waals surface area contributed by atoms with Crippen molar-refractivity contribution in [1.82, 2.24) is 4.90 Å². The maximum absolute atomic E-state index is 12.7. The zero-order valence-corrected chi connectivity index (χ0v) is 17.7. The molecule has 1 aliphatic rings. The summed E-state index contributed by atoms with van der Waals surface area (Å²) in [6, 6.07) is 9.71. The van der Waals surface area contributed by atoms with E-state index in [0.717, 1.165) is 4.90 Å². The van der Waals surface area contributed by atoms with Gasteiger partial charge in [0.25, 0.3) is 17.7 Å². The van der Waals surface area contributed by atoms with E-state index in [-0.39, 0.29) is 21.8 Å². The third-order valence-electron chi connectivity index (χ3n) is 4.52. The van der Waals surface area contributed by atoms with Crippen LogP contribution in [0.2, 0.25) is 10.0 Å². The van der Waals surface area contributed by atoms with Crippen molar-refractivity contribution >= 4 is 52.6 Å². The minimum atomic E-state index is -1.17. The maximum Gasteiger partial charge on any atom is 0.330 e. The second-order valence-electron chi connectivity index (χ2n) is 6.99. The average molecular weight is 449 g/mol. The van der Waals surface area contributed by atoms with Gasteiger partial charge in [-0.05, 0) is 36.2 Å². The van der Waals surface area contributed by atoms with Gasteiger partial charge in [0.1, 0.15) is 6.04 Å². The quantitative estimate of drug-likeness (QED) is 0.535. The van der Waals surface area contributed by atoms with Gasteiger partial charge in [0, 0.05) is 5.02 Å².